The molecule has 328 valence electrons. The van der Waals surface area contributed by atoms with Gasteiger partial charge in [-0.05, 0) is 69.0 Å². The predicted molar refractivity (Wildman–Crippen MR) is 225 cm³/mol. The van der Waals surface area contributed by atoms with Gasteiger partial charge in [0.25, 0.3) is 11.8 Å². The fraction of sp³-hybridized carbons (Fsp3) is 0.512. The average Bonchev–Trinajstić information content (AvgIpc) is 3.49. The summed E-state index contributed by atoms with van der Waals surface area (Å²) in [7, 11) is 1.88. The summed E-state index contributed by atoms with van der Waals surface area (Å²) in [5.74, 6) is 0.249. The number of imide groups is 2. The minimum absolute atomic E-state index is 0.0623. The van der Waals surface area contributed by atoms with E-state index in [0.29, 0.717) is 96.5 Å². The molecule has 18 heteroatoms. The first-order valence-corrected chi connectivity index (χ1v) is 20.9. The maximum atomic E-state index is 13.2. The smallest absolute Gasteiger partial charge is 0.264 e. The zero-order chi connectivity index (χ0) is 43.0. The summed E-state index contributed by atoms with van der Waals surface area (Å²) < 4.78 is 28.2. The fourth-order valence-electron chi connectivity index (χ4n) is 6.95. The molecule has 3 aliphatic rings. The maximum absolute atomic E-state index is 13.2. The molecule has 1 unspecified atom stereocenters. The molecule has 5 amide bonds. The highest BCUT2D eigenvalue weighted by Gasteiger charge is 2.45. The number of aromatic nitrogens is 2. The number of benzene rings is 2. The van der Waals surface area contributed by atoms with Crippen molar-refractivity contribution in [3.05, 3.63) is 65.4 Å². The van der Waals surface area contributed by atoms with E-state index in [0.717, 1.165) is 47.7 Å². The van der Waals surface area contributed by atoms with Crippen molar-refractivity contribution < 1.29 is 47.7 Å². The molecule has 2 aromatic carbocycles. The van der Waals surface area contributed by atoms with Crippen LogP contribution in [0.25, 0.3) is 0 Å². The summed E-state index contributed by atoms with van der Waals surface area (Å²) in [5, 5.41) is 12.0. The largest absolute Gasteiger partial charge is 0.491 e. The number of carbonyl (C=O) groups is 5. The van der Waals surface area contributed by atoms with E-state index in [4.69, 9.17) is 23.7 Å². The minimum Gasteiger partial charge on any atom is -0.491 e. The van der Waals surface area contributed by atoms with E-state index in [2.05, 4.69) is 31.2 Å². The van der Waals surface area contributed by atoms with Crippen LogP contribution in [0.15, 0.2) is 48.7 Å². The van der Waals surface area contributed by atoms with Crippen LogP contribution in [0.2, 0.25) is 0 Å². The quantitative estimate of drug-likeness (QED) is 0.0673. The van der Waals surface area contributed by atoms with E-state index in [1.807, 2.05) is 43.1 Å². The van der Waals surface area contributed by atoms with Crippen LogP contribution in [0.5, 0.6) is 5.75 Å². The van der Waals surface area contributed by atoms with Crippen LogP contribution < -0.4 is 26.0 Å². The lowest BCUT2D eigenvalue weighted by Crippen LogP contribution is -2.54. The highest BCUT2D eigenvalue weighted by Crippen LogP contribution is 2.32. The number of carbonyl (C=O) groups excluding carboxylic acids is 5. The summed E-state index contributed by atoms with van der Waals surface area (Å²) in [6, 6.07) is 11.4. The second-order valence-corrected chi connectivity index (χ2v) is 14.9. The summed E-state index contributed by atoms with van der Waals surface area (Å²) in [5.41, 5.74) is 2.67. The van der Waals surface area contributed by atoms with Gasteiger partial charge in [-0.2, -0.15) is 4.98 Å². The highest BCUT2D eigenvalue weighted by atomic mass is 16.6. The van der Waals surface area contributed by atoms with Crippen LogP contribution in [-0.4, -0.2) is 141 Å². The van der Waals surface area contributed by atoms with Gasteiger partial charge >= 0.3 is 0 Å². The monoisotopic (exact) mass is 844 g/mol. The van der Waals surface area contributed by atoms with Crippen molar-refractivity contribution >= 4 is 52.7 Å². The molecule has 0 spiro atoms. The van der Waals surface area contributed by atoms with Crippen molar-refractivity contribution in [1.82, 2.24) is 25.1 Å². The van der Waals surface area contributed by atoms with Crippen LogP contribution in [0, 0.1) is 12.8 Å². The zero-order valence-corrected chi connectivity index (χ0v) is 34.9. The van der Waals surface area contributed by atoms with Gasteiger partial charge in [-0.15, -0.1) is 0 Å². The number of ether oxygens (including phenoxy) is 5. The normalized spacial score (nSPS) is 16.2. The summed E-state index contributed by atoms with van der Waals surface area (Å²) >= 11 is 0. The molecule has 1 aromatic heterocycles. The Balaban J connectivity index is 0.746. The first kappa shape index (κ1) is 44.9. The van der Waals surface area contributed by atoms with Gasteiger partial charge in [0, 0.05) is 62.2 Å². The van der Waals surface area contributed by atoms with Gasteiger partial charge in [0.15, 0.2) is 0 Å². The molecule has 18 nitrogen and oxygen atoms in total. The van der Waals surface area contributed by atoms with Crippen molar-refractivity contribution in [1.29, 1.82) is 0 Å². The molecule has 61 heavy (non-hydrogen) atoms. The molecule has 2 fully saturated rings. The number of hydrogen-bond acceptors (Lipinski definition) is 15. The van der Waals surface area contributed by atoms with E-state index < -0.39 is 29.7 Å². The number of nitrogens with one attached hydrogen (secondary N) is 4. The maximum Gasteiger partial charge on any atom is 0.264 e. The Morgan fingerprint density at radius 2 is 1.52 bits per heavy atom. The van der Waals surface area contributed by atoms with Crippen molar-refractivity contribution in [2.45, 2.75) is 51.5 Å². The molecule has 2 aliphatic heterocycles. The summed E-state index contributed by atoms with van der Waals surface area (Å²) in [6.45, 7) is 7.29. The van der Waals surface area contributed by atoms with Gasteiger partial charge in [-0.3, -0.25) is 34.2 Å². The third-order valence-electron chi connectivity index (χ3n) is 10.5. The van der Waals surface area contributed by atoms with Gasteiger partial charge < -0.3 is 44.5 Å². The Morgan fingerprint density at radius 1 is 0.836 bits per heavy atom. The Morgan fingerprint density at radius 3 is 2.20 bits per heavy atom. The Labute approximate surface area is 355 Å². The van der Waals surface area contributed by atoms with Crippen molar-refractivity contribution in [3.8, 4) is 5.75 Å². The molecular formula is C43H56N8O10. The summed E-state index contributed by atoms with van der Waals surface area (Å²) in [4.78, 5) is 74.3. The van der Waals surface area contributed by atoms with Crippen molar-refractivity contribution in [3.63, 3.8) is 0 Å². The van der Waals surface area contributed by atoms with E-state index >= 15 is 0 Å². The molecule has 3 aromatic rings. The van der Waals surface area contributed by atoms with Gasteiger partial charge in [0.05, 0.1) is 64.0 Å². The van der Waals surface area contributed by atoms with Crippen LogP contribution in [0.4, 0.5) is 23.1 Å². The molecule has 3 heterocycles. The SMILES string of the molecule is Cc1cnc(Nc2ccc(OCCOCCOCCOCCOCCNc3cccc4c3C(=O)N(C3CCC(=O)NC3=O)C4=O)cc2)nc1NCCCN(C)C(=O)C1CCC1. The molecule has 1 aliphatic carbocycles. The molecule has 1 saturated heterocycles. The van der Waals surface area contributed by atoms with Crippen LogP contribution >= 0.6 is 0 Å². The highest BCUT2D eigenvalue weighted by molar-refractivity contribution is 6.25. The van der Waals surface area contributed by atoms with Gasteiger partial charge in [-0.25, -0.2) is 4.98 Å². The van der Waals surface area contributed by atoms with E-state index in [-0.39, 0.29) is 35.8 Å². The van der Waals surface area contributed by atoms with Crippen LogP contribution in [0.3, 0.4) is 0 Å². The third kappa shape index (κ3) is 12.7. The average molecular weight is 845 g/mol. The second-order valence-electron chi connectivity index (χ2n) is 14.9. The van der Waals surface area contributed by atoms with Crippen LogP contribution in [-0.2, 0) is 33.3 Å². The minimum atomic E-state index is -1.02. The molecule has 0 radical (unpaired) electrons. The van der Waals surface area contributed by atoms with E-state index in [1.54, 1.807) is 24.4 Å². The Hall–Kier alpha value is -5.69. The number of rotatable bonds is 26. The number of fused-ring (bicyclic) bond motifs is 1. The topological polar surface area (TPSA) is 212 Å². The fourth-order valence-corrected chi connectivity index (χ4v) is 6.95. The number of aryl methyl sites for hydroxylation is 1. The van der Waals surface area contributed by atoms with Gasteiger partial charge in [0.2, 0.25) is 23.7 Å². The Bertz CT molecular complexity index is 1980. The van der Waals surface area contributed by atoms with E-state index in [1.165, 1.54) is 0 Å². The molecule has 1 saturated carbocycles. The number of hydrogen-bond donors (Lipinski definition) is 4. The molecule has 6 rings (SSSR count). The van der Waals surface area contributed by atoms with E-state index in [9.17, 15) is 24.0 Å². The standard InChI is InChI=1S/C43H56N8O10/c1-29-28-46-43(49-38(29)45-16-5-18-50(2)40(54)30-6-3-7-30)47-31-10-12-32(13-11-31)61-27-26-60-25-24-59-23-22-58-21-20-57-19-17-44-34-9-4-8-33-37(34)42(56)51(41(33)55)35-14-15-36(52)48-39(35)53/h4,8-13,28,30,35,44H,3,5-7,14-27H2,1-2H3,(H,48,52,53)(H2,45,46,47,49). The van der Waals surface area contributed by atoms with Gasteiger partial charge in [0.1, 0.15) is 24.2 Å². The van der Waals surface area contributed by atoms with Crippen molar-refractivity contribution in [2.24, 2.45) is 5.92 Å². The predicted octanol–water partition coefficient (Wildman–Crippen LogP) is 3.55. The molecule has 1 atom stereocenters. The first-order chi connectivity index (χ1) is 29.7. The number of anilines is 4. The molecule has 4 N–H and O–H groups in total. The number of nitrogens with zero attached hydrogens (tertiary/aromatic N) is 4. The van der Waals surface area contributed by atoms with Crippen LogP contribution in [0.1, 0.15) is 64.8 Å². The lowest BCUT2D eigenvalue weighted by molar-refractivity contribution is -0.137. The molecule has 0 bridgehead atoms. The van der Waals surface area contributed by atoms with Crippen molar-refractivity contribution in [2.75, 3.05) is 102 Å². The lowest BCUT2D eigenvalue weighted by atomic mass is 9.84. The lowest BCUT2D eigenvalue weighted by Gasteiger charge is -2.29. The Kier molecular flexibility index (Phi) is 16.8. The third-order valence-corrected chi connectivity index (χ3v) is 10.5. The molecular weight excluding hydrogens is 789 g/mol. The number of piperidine rings is 1. The second kappa shape index (κ2) is 22.8. The van der Waals surface area contributed by atoms with Gasteiger partial charge in [-0.1, -0.05) is 12.5 Å². The zero-order valence-electron chi connectivity index (χ0n) is 34.9. The number of amides is 5. The first-order valence-electron chi connectivity index (χ1n) is 20.9. The summed E-state index contributed by atoms with van der Waals surface area (Å²) in [6.07, 6.45) is 5.96.